The van der Waals surface area contributed by atoms with Crippen molar-refractivity contribution in [3.05, 3.63) is 0 Å². The van der Waals surface area contributed by atoms with E-state index < -0.39 is 0 Å². The molecule has 0 unspecified atom stereocenters. The molecule has 1 aliphatic carbocycles. The third-order valence-electron chi connectivity index (χ3n) is 4.60. The summed E-state index contributed by atoms with van der Waals surface area (Å²) in [5.74, 6) is 0.318. The fourth-order valence-corrected chi connectivity index (χ4v) is 3.43. The molecule has 1 N–H and O–H groups in total. The zero-order chi connectivity index (χ0) is 13.9. The third kappa shape index (κ3) is 3.69. The Bertz CT molecular complexity index is 305. The Morgan fingerprint density at radius 1 is 1.26 bits per heavy atom. The molecule has 19 heavy (non-hydrogen) atoms. The Morgan fingerprint density at radius 3 is 2.42 bits per heavy atom. The van der Waals surface area contributed by atoms with Gasteiger partial charge < -0.3 is 10.2 Å². The first-order valence-electron chi connectivity index (χ1n) is 7.71. The Balaban J connectivity index is 1.90. The average Bonchev–Trinajstić information content (AvgIpc) is 2.91. The molecule has 4 heteroatoms. The van der Waals surface area contributed by atoms with Crippen LogP contribution in [-0.4, -0.2) is 61.5 Å². The molecule has 1 amide bonds. The summed E-state index contributed by atoms with van der Waals surface area (Å²) in [5, 5.41) is 3.36. The zero-order valence-electron chi connectivity index (χ0n) is 12.7. The standard InChI is InChI=1S/C15H29N3O/c1-15(2,12-18-10-8-16-9-11-18)14(19)17(3)13-6-4-5-7-13/h13,16H,4-12H2,1-3H3. The number of rotatable bonds is 4. The first-order valence-corrected chi connectivity index (χ1v) is 7.71. The summed E-state index contributed by atoms with van der Waals surface area (Å²) in [6.07, 6.45) is 4.93. The van der Waals surface area contributed by atoms with Crippen LogP contribution in [0.5, 0.6) is 0 Å². The highest BCUT2D eigenvalue weighted by atomic mass is 16.2. The fraction of sp³-hybridized carbons (Fsp3) is 0.933. The van der Waals surface area contributed by atoms with E-state index in [1.54, 1.807) is 0 Å². The molecule has 110 valence electrons. The number of amides is 1. The fourth-order valence-electron chi connectivity index (χ4n) is 3.43. The number of carbonyl (C=O) groups excluding carboxylic acids is 1. The lowest BCUT2D eigenvalue weighted by Crippen LogP contribution is -2.52. The van der Waals surface area contributed by atoms with Gasteiger partial charge in [0, 0.05) is 45.8 Å². The quantitative estimate of drug-likeness (QED) is 0.834. The van der Waals surface area contributed by atoms with Crippen molar-refractivity contribution >= 4 is 5.91 Å². The molecule has 0 radical (unpaired) electrons. The first-order chi connectivity index (χ1) is 9.00. The maximum absolute atomic E-state index is 12.7. The molecular formula is C15H29N3O. The van der Waals surface area contributed by atoms with Crippen molar-refractivity contribution in [1.82, 2.24) is 15.1 Å². The van der Waals surface area contributed by atoms with Crippen LogP contribution in [0.15, 0.2) is 0 Å². The molecule has 0 spiro atoms. The van der Waals surface area contributed by atoms with Crippen molar-refractivity contribution in [1.29, 1.82) is 0 Å². The van der Waals surface area contributed by atoms with Gasteiger partial charge in [-0.05, 0) is 26.7 Å². The lowest BCUT2D eigenvalue weighted by atomic mass is 9.90. The van der Waals surface area contributed by atoms with E-state index in [1.165, 1.54) is 25.7 Å². The van der Waals surface area contributed by atoms with E-state index >= 15 is 0 Å². The van der Waals surface area contributed by atoms with Crippen molar-refractivity contribution in [2.45, 2.75) is 45.6 Å². The van der Waals surface area contributed by atoms with Gasteiger partial charge in [-0.25, -0.2) is 0 Å². The molecule has 1 saturated carbocycles. The summed E-state index contributed by atoms with van der Waals surface area (Å²) in [7, 11) is 2.00. The molecule has 1 heterocycles. The number of piperazine rings is 1. The molecule has 2 rings (SSSR count). The first kappa shape index (κ1) is 14.8. The summed E-state index contributed by atoms with van der Waals surface area (Å²) in [6, 6.07) is 0.481. The molecule has 0 aromatic rings. The summed E-state index contributed by atoms with van der Waals surface area (Å²) >= 11 is 0. The third-order valence-corrected chi connectivity index (χ3v) is 4.60. The van der Waals surface area contributed by atoms with Gasteiger partial charge in [0.25, 0.3) is 0 Å². The van der Waals surface area contributed by atoms with Gasteiger partial charge in [-0.15, -0.1) is 0 Å². The van der Waals surface area contributed by atoms with Crippen LogP contribution in [0.1, 0.15) is 39.5 Å². The van der Waals surface area contributed by atoms with E-state index in [2.05, 4.69) is 24.1 Å². The molecular weight excluding hydrogens is 238 g/mol. The molecule has 1 aliphatic heterocycles. The van der Waals surface area contributed by atoms with E-state index in [0.29, 0.717) is 11.9 Å². The smallest absolute Gasteiger partial charge is 0.229 e. The van der Waals surface area contributed by atoms with Gasteiger partial charge in [-0.1, -0.05) is 12.8 Å². The van der Waals surface area contributed by atoms with Crippen LogP contribution in [0.4, 0.5) is 0 Å². The Labute approximate surface area is 117 Å². The minimum atomic E-state index is -0.269. The largest absolute Gasteiger partial charge is 0.342 e. The predicted molar refractivity (Wildman–Crippen MR) is 78.1 cm³/mol. The van der Waals surface area contributed by atoms with Crippen molar-refractivity contribution in [3.63, 3.8) is 0 Å². The molecule has 0 aromatic heterocycles. The SMILES string of the molecule is CN(C(=O)C(C)(C)CN1CCNCC1)C1CCCC1. The van der Waals surface area contributed by atoms with Crippen LogP contribution in [-0.2, 0) is 4.79 Å². The number of carbonyl (C=O) groups is 1. The molecule has 1 saturated heterocycles. The van der Waals surface area contributed by atoms with Crippen LogP contribution in [0.2, 0.25) is 0 Å². The maximum Gasteiger partial charge on any atom is 0.229 e. The minimum Gasteiger partial charge on any atom is -0.342 e. The Morgan fingerprint density at radius 2 is 1.84 bits per heavy atom. The summed E-state index contributed by atoms with van der Waals surface area (Å²) in [6.45, 7) is 9.29. The molecule has 2 aliphatic rings. The molecule has 0 atom stereocenters. The van der Waals surface area contributed by atoms with E-state index in [9.17, 15) is 4.79 Å². The number of hydrogen-bond acceptors (Lipinski definition) is 3. The highest BCUT2D eigenvalue weighted by Crippen LogP contribution is 2.27. The summed E-state index contributed by atoms with van der Waals surface area (Å²) < 4.78 is 0. The van der Waals surface area contributed by atoms with Crippen LogP contribution < -0.4 is 5.32 Å². The number of hydrogen-bond donors (Lipinski definition) is 1. The topological polar surface area (TPSA) is 35.6 Å². The highest BCUT2D eigenvalue weighted by Gasteiger charge is 2.35. The Kier molecular flexibility index (Phi) is 4.85. The van der Waals surface area contributed by atoms with E-state index in [1.807, 2.05) is 11.9 Å². The van der Waals surface area contributed by atoms with Crippen molar-refractivity contribution in [2.75, 3.05) is 39.8 Å². The molecule has 2 fully saturated rings. The van der Waals surface area contributed by atoms with E-state index in [-0.39, 0.29) is 5.41 Å². The average molecular weight is 267 g/mol. The van der Waals surface area contributed by atoms with Crippen LogP contribution >= 0.6 is 0 Å². The monoisotopic (exact) mass is 267 g/mol. The molecule has 0 bridgehead atoms. The molecule has 4 nitrogen and oxygen atoms in total. The van der Waals surface area contributed by atoms with Gasteiger partial charge in [0.1, 0.15) is 0 Å². The second-order valence-corrected chi connectivity index (χ2v) is 6.76. The number of nitrogens with zero attached hydrogens (tertiary/aromatic N) is 2. The van der Waals surface area contributed by atoms with Gasteiger partial charge in [-0.3, -0.25) is 9.69 Å². The molecule has 0 aromatic carbocycles. The number of nitrogens with one attached hydrogen (secondary N) is 1. The zero-order valence-corrected chi connectivity index (χ0v) is 12.7. The normalized spacial score (nSPS) is 22.7. The predicted octanol–water partition coefficient (Wildman–Crippen LogP) is 1.32. The van der Waals surface area contributed by atoms with E-state index in [4.69, 9.17) is 0 Å². The van der Waals surface area contributed by atoms with E-state index in [0.717, 1.165) is 32.7 Å². The highest BCUT2D eigenvalue weighted by molar-refractivity contribution is 5.82. The van der Waals surface area contributed by atoms with Gasteiger partial charge in [0.2, 0.25) is 5.91 Å². The van der Waals surface area contributed by atoms with Gasteiger partial charge in [-0.2, -0.15) is 0 Å². The van der Waals surface area contributed by atoms with Gasteiger partial charge >= 0.3 is 0 Å². The van der Waals surface area contributed by atoms with Crippen molar-refractivity contribution < 1.29 is 4.79 Å². The van der Waals surface area contributed by atoms with Crippen LogP contribution in [0, 0.1) is 5.41 Å². The van der Waals surface area contributed by atoms with Crippen LogP contribution in [0.25, 0.3) is 0 Å². The van der Waals surface area contributed by atoms with Gasteiger partial charge in [0.05, 0.1) is 5.41 Å². The minimum absolute atomic E-state index is 0.269. The lowest BCUT2D eigenvalue weighted by Gasteiger charge is -2.38. The second-order valence-electron chi connectivity index (χ2n) is 6.76. The second kappa shape index (κ2) is 6.23. The maximum atomic E-state index is 12.7. The van der Waals surface area contributed by atoms with Gasteiger partial charge in [0.15, 0.2) is 0 Å². The summed E-state index contributed by atoms with van der Waals surface area (Å²) in [4.78, 5) is 17.1. The van der Waals surface area contributed by atoms with Crippen molar-refractivity contribution in [2.24, 2.45) is 5.41 Å². The lowest BCUT2D eigenvalue weighted by molar-refractivity contribution is -0.142. The Hall–Kier alpha value is -0.610. The summed E-state index contributed by atoms with van der Waals surface area (Å²) in [5.41, 5.74) is -0.269. The van der Waals surface area contributed by atoms with Crippen molar-refractivity contribution in [3.8, 4) is 0 Å². The van der Waals surface area contributed by atoms with Crippen LogP contribution in [0.3, 0.4) is 0 Å².